The summed E-state index contributed by atoms with van der Waals surface area (Å²) in [5, 5.41) is 16.4. The predicted molar refractivity (Wildman–Crippen MR) is 124 cm³/mol. The number of carboxylic acid groups (broad SMARTS) is 1. The van der Waals surface area contributed by atoms with Gasteiger partial charge in [-0.15, -0.1) is 11.3 Å². The molecule has 0 saturated heterocycles. The minimum Gasteiger partial charge on any atom is -0.481 e. The molecule has 0 aliphatic heterocycles. The number of unbranched alkanes of at least 4 members (excludes halogenated alkanes) is 1. The highest BCUT2D eigenvalue weighted by atomic mass is 35.5. The standard InChI is InChI=1S/C21H23Cl2N3O5S/c22-15-8-12(9-16(23)19(15)24)20(30)25-6-2-1-4-14(17-5-3-7-32-17)21(31)26-13(11-27)10-18(28)29/h3,5,7-9,11,13-14H,1-2,4,6,10,24H2,(H,25,30)(H,26,31)(H,28,29)/t13-,14?/m0/s1. The van der Waals surface area contributed by atoms with Crippen molar-refractivity contribution in [1.82, 2.24) is 10.6 Å². The van der Waals surface area contributed by atoms with Gasteiger partial charge >= 0.3 is 5.97 Å². The van der Waals surface area contributed by atoms with Crippen LogP contribution in [-0.2, 0) is 14.4 Å². The zero-order valence-electron chi connectivity index (χ0n) is 17.0. The number of carboxylic acids is 1. The van der Waals surface area contributed by atoms with E-state index >= 15 is 0 Å². The summed E-state index contributed by atoms with van der Waals surface area (Å²) in [7, 11) is 0. The van der Waals surface area contributed by atoms with Gasteiger partial charge in [-0.2, -0.15) is 0 Å². The van der Waals surface area contributed by atoms with Crippen molar-refractivity contribution < 1.29 is 24.3 Å². The average Bonchev–Trinajstić information content (AvgIpc) is 3.27. The monoisotopic (exact) mass is 499 g/mol. The molecule has 2 aromatic rings. The van der Waals surface area contributed by atoms with E-state index in [9.17, 15) is 19.2 Å². The summed E-state index contributed by atoms with van der Waals surface area (Å²) in [6.07, 6.45) is 1.63. The summed E-state index contributed by atoms with van der Waals surface area (Å²) >= 11 is 13.3. The average molecular weight is 500 g/mol. The molecule has 1 unspecified atom stereocenters. The second-order valence-corrected chi connectivity index (χ2v) is 8.82. The molecular formula is C21H23Cl2N3O5S. The molecule has 0 aliphatic rings. The molecule has 2 amide bonds. The Morgan fingerprint density at radius 1 is 1.19 bits per heavy atom. The fourth-order valence-electron chi connectivity index (χ4n) is 2.99. The lowest BCUT2D eigenvalue weighted by Crippen LogP contribution is -2.40. The molecule has 1 aromatic carbocycles. The highest BCUT2D eigenvalue weighted by Gasteiger charge is 2.24. The second-order valence-electron chi connectivity index (χ2n) is 7.02. The van der Waals surface area contributed by atoms with Crippen molar-refractivity contribution in [1.29, 1.82) is 0 Å². The van der Waals surface area contributed by atoms with Crippen LogP contribution >= 0.6 is 34.5 Å². The fraction of sp³-hybridized carbons (Fsp3) is 0.333. The Morgan fingerprint density at radius 2 is 1.88 bits per heavy atom. The third kappa shape index (κ3) is 7.51. The molecule has 8 nitrogen and oxygen atoms in total. The highest BCUT2D eigenvalue weighted by molar-refractivity contribution is 7.10. The summed E-state index contributed by atoms with van der Waals surface area (Å²) < 4.78 is 0. The number of aliphatic carboxylic acids is 1. The van der Waals surface area contributed by atoms with Crippen LogP contribution in [0.15, 0.2) is 29.6 Å². The number of nitrogen functional groups attached to an aromatic ring is 1. The van der Waals surface area contributed by atoms with Gasteiger partial charge in [0.05, 0.1) is 34.1 Å². The lowest BCUT2D eigenvalue weighted by atomic mass is 9.98. The number of benzene rings is 1. The number of nitrogens with two attached hydrogens (primary N) is 1. The van der Waals surface area contributed by atoms with Crippen LogP contribution in [0.5, 0.6) is 0 Å². The van der Waals surface area contributed by atoms with E-state index in [4.69, 9.17) is 34.0 Å². The van der Waals surface area contributed by atoms with Crippen LogP contribution in [0.2, 0.25) is 10.0 Å². The first-order valence-electron chi connectivity index (χ1n) is 9.76. The van der Waals surface area contributed by atoms with Gasteiger partial charge in [-0.3, -0.25) is 14.4 Å². The molecule has 0 radical (unpaired) electrons. The first kappa shape index (κ1) is 25.6. The van der Waals surface area contributed by atoms with Crippen LogP contribution in [0.4, 0.5) is 5.69 Å². The van der Waals surface area contributed by atoms with E-state index in [-0.39, 0.29) is 21.6 Å². The van der Waals surface area contributed by atoms with Gasteiger partial charge in [0.15, 0.2) is 0 Å². The number of rotatable bonds is 12. The highest BCUT2D eigenvalue weighted by Crippen LogP contribution is 2.29. The van der Waals surface area contributed by atoms with Gasteiger partial charge in [0.25, 0.3) is 5.91 Å². The van der Waals surface area contributed by atoms with Crippen molar-refractivity contribution in [2.24, 2.45) is 0 Å². The number of thiophene rings is 1. The van der Waals surface area contributed by atoms with Crippen LogP contribution in [0, 0.1) is 0 Å². The topological polar surface area (TPSA) is 139 Å². The van der Waals surface area contributed by atoms with E-state index in [0.717, 1.165) is 4.88 Å². The lowest BCUT2D eigenvalue weighted by molar-refractivity contribution is -0.138. The maximum Gasteiger partial charge on any atom is 0.305 e. The van der Waals surface area contributed by atoms with Gasteiger partial charge in [0, 0.05) is 17.0 Å². The third-order valence-corrected chi connectivity index (χ3v) is 6.25. The molecule has 0 aliphatic carbocycles. The molecule has 1 heterocycles. The van der Waals surface area contributed by atoms with Gasteiger partial charge in [-0.25, -0.2) is 0 Å². The number of anilines is 1. The molecule has 0 saturated carbocycles. The second kappa shape index (κ2) is 12.4. The Balaban J connectivity index is 1.88. The Labute approximate surface area is 199 Å². The van der Waals surface area contributed by atoms with Crippen molar-refractivity contribution in [2.75, 3.05) is 12.3 Å². The number of halogens is 2. The number of carbonyl (C=O) groups is 4. The minimum atomic E-state index is -1.17. The quantitative estimate of drug-likeness (QED) is 0.200. The SMILES string of the molecule is Nc1c(Cl)cc(C(=O)NCCCCC(C(=O)N[C@H](C=O)CC(=O)O)c2cccs2)cc1Cl. The van der Waals surface area contributed by atoms with Crippen LogP contribution in [0.3, 0.4) is 0 Å². The Morgan fingerprint density at radius 3 is 2.44 bits per heavy atom. The van der Waals surface area contributed by atoms with Gasteiger partial charge < -0.3 is 26.3 Å². The summed E-state index contributed by atoms with van der Waals surface area (Å²) in [5.74, 6) is -2.43. The molecule has 0 bridgehead atoms. The van der Waals surface area contributed by atoms with E-state index in [1.807, 2.05) is 17.5 Å². The minimum absolute atomic E-state index is 0.198. The van der Waals surface area contributed by atoms with E-state index in [2.05, 4.69) is 10.6 Å². The molecule has 32 heavy (non-hydrogen) atoms. The normalized spacial score (nSPS) is 12.6. The molecule has 5 N–H and O–H groups in total. The zero-order chi connectivity index (χ0) is 23.7. The summed E-state index contributed by atoms with van der Waals surface area (Å²) in [6, 6.07) is 5.43. The van der Waals surface area contributed by atoms with Gasteiger partial charge in [-0.1, -0.05) is 35.7 Å². The van der Waals surface area contributed by atoms with E-state index < -0.39 is 30.3 Å². The Hall–Kier alpha value is -2.62. The predicted octanol–water partition coefficient (Wildman–Crippen LogP) is 3.48. The molecule has 1 aromatic heterocycles. The largest absolute Gasteiger partial charge is 0.481 e. The zero-order valence-corrected chi connectivity index (χ0v) is 19.3. The molecule has 11 heteroatoms. The maximum atomic E-state index is 12.7. The van der Waals surface area contributed by atoms with Crippen LogP contribution < -0.4 is 16.4 Å². The van der Waals surface area contributed by atoms with E-state index in [0.29, 0.717) is 37.7 Å². The number of hydrogen-bond donors (Lipinski definition) is 4. The van der Waals surface area contributed by atoms with Crippen molar-refractivity contribution >= 4 is 64.3 Å². The Bertz CT molecular complexity index is 945. The number of nitrogens with one attached hydrogen (secondary N) is 2. The number of amides is 2. The van der Waals surface area contributed by atoms with Crippen molar-refractivity contribution in [3.8, 4) is 0 Å². The van der Waals surface area contributed by atoms with E-state index in [1.165, 1.54) is 23.5 Å². The first-order valence-corrected chi connectivity index (χ1v) is 11.4. The van der Waals surface area contributed by atoms with Crippen LogP contribution in [0.25, 0.3) is 0 Å². The Kier molecular flexibility index (Phi) is 9.96. The molecular weight excluding hydrogens is 477 g/mol. The number of carbonyl (C=O) groups excluding carboxylic acids is 3. The fourth-order valence-corrected chi connectivity index (χ4v) is 4.34. The third-order valence-electron chi connectivity index (χ3n) is 4.64. The molecule has 172 valence electrons. The van der Waals surface area contributed by atoms with Gasteiger partial charge in [-0.05, 0) is 36.4 Å². The maximum absolute atomic E-state index is 12.7. The first-order chi connectivity index (χ1) is 15.2. The summed E-state index contributed by atoms with van der Waals surface area (Å²) in [5.41, 5.74) is 6.18. The van der Waals surface area contributed by atoms with Gasteiger partial charge in [0.1, 0.15) is 6.29 Å². The summed E-state index contributed by atoms with van der Waals surface area (Å²) in [6.45, 7) is 0.368. The molecule has 2 atom stereocenters. The lowest BCUT2D eigenvalue weighted by Gasteiger charge is -2.18. The smallest absolute Gasteiger partial charge is 0.305 e. The van der Waals surface area contributed by atoms with Crippen LogP contribution in [-0.4, -0.2) is 41.8 Å². The van der Waals surface area contributed by atoms with Crippen molar-refractivity contribution in [2.45, 2.75) is 37.6 Å². The van der Waals surface area contributed by atoms with Crippen molar-refractivity contribution in [3.05, 3.63) is 50.1 Å². The van der Waals surface area contributed by atoms with Gasteiger partial charge in [0.2, 0.25) is 5.91 Å². The van der Waals surface area contributed by atoms with Crippen molar-refractivity contribution in [3.63, 3.8) is 0 Å². The number of hydrogen-bond acceptors (Lipinski definition) is 6. The number of aldehydes is 1. The van der Waals surface area contributed by atoms with E-state index in [1.54, 1.807) is 0 Å². The molecule has 2 rings (SSSR count). The van der Waals surface area contributed by atoms with Crippen LogP contribution in [0.1, 0.15) is 46.8 Å². The molecule has 0 spiro atoms. The summed E-state index contributed by atoms with van der Waals surface area (Å²) in [4.78, 5) is 47.7. The molecule has 0 fully saturated rings.